The van der Waals surface area contributed by atoms with Gasteiger partial charge in [0.05, 0.1) is 35.2 Å². The van der Waals surface area contributed by atoms with Gasteiger partial charge < -0.3 is 22.1 Å². The molecule has 0 unspecified atom stereocenters. The standard InChI is InChI=1S/C24H30N8/c1-15(2)29-23(25)31-19-9-11-21(27-13-19)17-5-7-18(8-6-17)22-12-10-20(14-28-22)32-24(26)30-16(3)4/h5-16H,1-4H3,(H3,25,29,31)(H3,26,30,32). The quantitative estimate of drug-likeness (QED) is 0.345. The van der Waals surface area contributed by atoms with Gasteiger partial charge in [-0.3, -0.25) is 20.0 Å². The van der Waals surface area contributed by atoms with Crippen LogP contribution in [0.2, 0.25) is 0 Å². The number of rotatable bonds is 6. The SMILES string of the molecule is CC(C)N=C(N)Nc1ccc(-c2ccc(-c3ccc(NC(N)=NC(C)C)cn3)cc2)nc1. The molecule has 2 heterocycles. The van der Waals surface area contributed by atoms with Crippen LogP contribution in [0.5, 0.6) is 0 Å². The molecule has 0 saturated heterocycles. The Balaban J connectivity index is 1.67. The lowest BCUT2D eigenvalue weighted by Gasteiger charge is -2.09. The number of aromatic nitrogens is 2. The maximum Gasteiger partial charge on any atom is 0.193 e. The van der Waals surface area contributed by atoms with Crippen LogP contribution >= 0.6 is 0 Å². The van der Waals surface area contributed by atoms with Gasteiger partial charge in [-0.05, 0) is 52.0 Å². The number of hydrogen-bond acceptors (Lipinski definition) is 4. The molecule has 0 atom stereocenters. The zero-order chi connectivity index (χ0) is 23.1. The minimum Gasteiger partial charge on any atom is -0.370 e. The van der Waals surface area contributed by atoms with Crippen LogP contribution in [0.15, 0.2) is 70.9 Å². The van der Waals surface area contributed by atoms with Crippen molar-refractivity contribution in [2.45, 2.75) is 39.8 Å². The summed E-state index contributed by atoms with van der Waals surface area (Å²) in [7, 11) is 0. The van der Waals surface area contributed by atoms with E-state index in [-0.39, 0.29) is 12.1 Å². The van der Waals surface area contributed by atoms with Gasteiger partial charge in [-0.15, -0.1) is 0 Å². The van der Waals surface area contributed by atoms with Gasteiger partial charge in [-0.25, -0.2) is 0 Å². The van der Waals surface area contributed by atoms with E-state index in [1.807, 2.05) is 76.2 Å². The highest BCUT2D eigenvalue weighted by Crippen LogP contribution is 2.24. The van der Waals surface area contributed by atoms with Gasteiger partial charge in [0.1, 0.15) is 0 Å². The van der Waals surface area contributed by atoms with Crippen molar-refractivity contribution in [2.75, 3.05) is 10.6 Å². The maximum absolute atomic E-state index is 5.87. The topological polar surface area (TPSA) is 127 Å². The fourth-order valence-electron chi connectivity index (χ4n) is 3.01. The molecule has 3 aromatic rings. The fourth-order valence-corrected chi connectivity index (χ4v) is 3.01. The number of guanidine groups is 2. The van der Waals surface area contributed by atoms with Crippen LogP contribution in [0, 0.1) is 0 Å². The highest BCUT2D eigenvalue weighted by molar-refractivity contribution is 5.93. The van der Waals surface area contributed by atoms with E-state index >= 15 is 0 Å². The molecule has 3 rings (SSSR count). The van der Waals surface area contributed by atoms with Crippen LogP contribution in [0.25, 0.3) is 22.5 Å². The fraction of sp³-hybridized carbons (Fsp3) is 0.250. The first-order valence-electron chi connectivity index (χ1n) is 10.5. The van der Waals surface area contributed by atoms with E-state index in [0.717, 1.165) is 33.9 Å². The predicted octanol–water partition coefficient (Wildman–Crippen LogP) is 4.08. The van der Waals surface area contributed by atoms with Crippen LogP contribution in [0.1, 0.15) is 27.7 Å². The number of nitrogens with one attached hydrogen (secondary N) is 2. The van der Waals surface area contributed by atoms with E-state index in [2.05, 4.69) is 30.6 Å². The molecule has 32 heavy (non-hydrogen) atoms. The number of nitrogens with zero attached hydrogens (tertiary/aromatic N) is 4. The molecule has 2 aromatic heterocycles. The van der Waals surface area contributed by atoms with E-state index in [1.54, 1.807) is 12.4 Å². The molecule has 0 bridgehead atoms. The Hall–Kier alpha value is -3.94. The van der Waals surface area contributed by atoms with Crippen LogP contribution < -0.4 is 22.1 Å². The minimum absolute atomic E-state index is 0.132. The lowest BCUT2D eigenvalue weighted by molar-refractivity contribution is 0.833. The monoisotopic (exact) mass is 430 g/mol. The number of hydrogen-bond donors (Lipinski definition) is 4. The van der Waals surface area contributed by atoms with Crippen molar-refractivity contribution in [3.8, 4) is 22.5 Å². The Morgan fingerprint density at radius 3 is 1.31 bits per heavy atom. The summed E-state index contributed by atoms with van der Waals surface area (Å²) in [6.07, 6.45) is 3.49. The molecule has 1 aromatic carbocycles. The Labute approximate surface area is 188 Å². The minimum atomic E-state index is 0.132. The van der Waals surface area contributed by atoms with Crippen molar-refractivity contribution in [2.24, 2.45) is 21.5 Å². The second kappa shape index (κ2) is 10.4. The molecule has 0 aliphatic heterocycles. The molecule has 0 saturated carbocycles. The summed E-state index contributed by atoms with van der Waals surface area (Å²) in [4.78, 5) is 17.6. The second-order valence-corrected chi connectivity index (χ2v) is 7.91. The Bertz CT molecular complexity index is 978. The molecule has 0 spiro atoms. The van der Waals surface area contributed by atoms with Crippen molar-refractivity contribution >= 4 is 23.3 Å². The van der Waals surface area contributed by atoms with E-state index in [9.17, 15) is 0 Å². The third-order valence-electron chi connectivity index (χ3n) is 4.34. The molecule has 0 aliphatic carbocycles. The van der Waals surface area contributed by atoms with E-state index in [0.29, 0.717) is 11.9 Å². The van der Waals surface area contributed by atoms with Gasteiger partial charge in [-0.1, -0.05) is 24.3 Å². The van der Waals surface area contributed by atoms with Crippen molar-refractivity contribution in [1.29, 1.82) is 0 Å². The third-order valence-corrected chi connectivity index (χ3v) is 4.34. The summed E-state index contributed by atoms with van der Waals surface area (Å²) in [5, 5.41) is 6.09. The molecule has 0 radical (unpaired) electrons. The molecule has 0 aliphatic rings. The summed E-state index contributed by atoms with van der Waals surface area (Å²) in [6, 6.07) is 16.1. The third kappa shape index (κ3) is 6.53. The van der Waals surface area contributed by atoms with Gasteiger partial charge in [0.15, 0.2) is 11.9 Å². The van der Waals surface area contributed by atoms with E-state index < -0.39 is 0 Å². The van der Waals surface area contributed by atoms with Crippen LogP contribution in [0.3, 0.4) is 0 Å². The summed E-state index contributed by atoms with van der Waals surface area (Å²) in [5.41, 5.74) is 17.1. The van der Waals surface area contributed by atoms with Crippen molar-refractivity contribution in [3.63, 3.8) is 0 Å². The van der Waals surface area contributed by atoms with Crippen molar-refractivity contribution < 1.29 is 0 Å². The predicted molar refractivity (Wildman–Crippen MR) is 134 cm³/mol. The first-order chi connectivity index (χ1) is 15.3. The molecule has 6 N–H and O–H groups in total. The Morgan fingerprint density at radius 1 is 0.656 bits per heavy atom. The lowest BCUT2D eigenvalue weighted by Crippen LogP contribution is -2.24. The molecule has 0 amide bonds. The summed E-state index contributed by atoms with van der Waals surface area (Å²) in [5.74, 6) is 0.755. The average molecular weight is 431 g/mol. The van der Waals surface area contributed by atoms with Crippen molar-refractivity contribution in [3.05, 3.63) is 60.9 Å². The number of anilines is 2. The van der Waals surface area contributed by atoms with Crippen LogP contribution in [-0.4, -0.2) is 34.0 Å². The maximum atomic E-state index is 5.87. The molecular weight excluding hydrogens is 400 g/mol. The first kappa shape index (κ1) is 22.7. The molecule has 8 nitrogen and oxygen atoms in total. The van der Waals surface area contributed by atoms with Crippen LogP contribution in [-0.2, 0) is 0 Å². The van der Waals surface area contributed by atoms with Gasteiger partial charge in [0.2, 0.25) is 0 Å². The van der Waals surface area contributed by atoms with Gasteiger partial charge in [0, 0.05) is 23.2 Å². The normalized spacial score (nSPS) is 12.3. The molecule has 8 heteroatoms. The summed E-state index contributed by atoms with van der Waals surface area (Å²) in [6.45, 7) is 7.88. The largest absolute Gasteiger partial charge is 0.370 e. The zero-order valence-electron chi connectivity index (χ0n) is 18.9. The number of aliphatic imine (C=N–C) groups is 2. The lowest BCUT2D eigenvalue weighted by atomic mass is 10.1. The second-order valence-electron chi connectivity index (χ2n) is 7.91. The number of benzene rings is 1. The zero-order valence-corrected chi connectivity index (χ0v) is 18.9. The van der Waals surface area contributed by atoms with Crippen molar-refractivity contribution in [1.82, 2.24) is 9.97 Å². The number of pyridine rings is 2. The van der Waals surface area contributed by atoms with E-state index in [4.69, 9.17) is 11.5 Å². The molecule has 166 valence electrons. The smallest absolute Gasteiger partial charge is 0.193 e. The number of nitrogens with two attached hydrogens (primary N) is 2. The first-order valence-corrected chi connectivity index (χ1v) is 10.5. The Kier molecular flexibility index (Phi) is 7.38. The highest BCUT2D eigenvalue weighted by Gasteiger charge is 2.05. The summed E-state index contributed by atoms with van der Waals surface area (Å²) < 4.78 is 0. The van der Waals surface area contributed by atoms with Gasteiger partial charge in [0.25, 0.3) is 0 Å². The molecule has 0 fully saturated rings. The highest BCUT2D eigenvalue weighted by atomic mass is 15.1. The average Bonchev–Trinajstić information content (AvgIpc) is 2.74. The van der Waals surface area contributed by atoms with Gasteiger partial charge in [-0.2, -0.15) is 0 Å². The van der Waals surface area contributed by atoms with E-state index in [1.165, 1.54) is 0 Å². The van der Waals surface area contributed by atoms with Crippen LogP contribution in [0.4, 0.5) is 11.4 Å². The van der Waals surface area contributed by atoms with Gasteiger partial charge >= 0.3 is 0 Å². The Morgan fingerprint density at radius 2 is 1.03 bits per heavy atom. The summed E-state index contributed by atoms with van der Waals surface area (Å²) >= 11 is 0. The molecular formula is C24H30N8.